The number of benzene rings is 1. The number of ether oxygens (including phenoxy) is 2. The minimum atomic E-state index is -2.77. The van der Waals surface area contributed by atoms with Crippen LogP contribution in [0, 0.1) is 0 Å². The van der Waals surface area contributed by atoms with Crippen molar-refractivity contribution >= 4 is 5.97 Å². The van der Waals surface area contributed by atoms with E-state index in [0.29, 0.717) is 11.3 Å². The number of esters is 1. The quantitative estimate of drug-likeness (QED) is 0.835. The van der Waals surface area contributed by atoms with E-state index in [1.807, 2.05) is 0 Å². The lowest BCUT2D eigenvalue weighted by atomic mass is 10.2. The van der Waals surface area contributed by atoms with Crippen LogP contribution in [-0.4, -0.2) is 35.7 Å². The van der Waals surface area contributed by atoms with Crippen molar-refractivity contribution in [2.24, 2.45) is 0 Å². The topological polar surface area (TPSA) is 86.5 Å². The van der Waals surface area contributed by atoms with Crippen LogP contribution in [0.3, 0.4) is 0 Å². The van der Waals surface area contributed by atoms with E-state index in [2.05, 4.69) is 20.2 Å². The maximum Gasteiger partial charge on any atom is 0.337 e. The van der Waals surface area contributed by atoms with Gasteiger partial charge >= 0.3 is 5.97 Å². The first kappa shape index (κ1) is 16.3. The SMILES string of the molecule is COC(=O)c1cccc(OCc2noc(C3CC(F)(F)CN3)n2)c1. The lowest BCUT2D eigenvalue weighted by molar-refractivity contribution is 0.0200. The second kappa shape index (κ2) is 6.52. The van der Waals surface area contributed by atoms with Crippen molar-refractivity contribution in [3.8, 4) is 5.75 Å². The van der Waals surface area contributed by atoms with Gasteiger partial charge in [-0.3, -0.25) is 5.32 Å². The van der Waals surface area contributed by atoms with Crippen molar-refractivity contribution in [2.75, 3.05) is 13.7 Å². The molecule has 24 heavy (non-hydrogen) atoms. The van der Waals surface area contributed by atoms with E-state index >= 15 is 0 Å². The monoisotopic (exact) mass is 339 g/mol. The van der Waals surface area contributed by atoms with Gasteiger partial charge in [0.15, 0.2) is 6.61 Å². The number of methoxy groups -OCH3 is 1. The summed E-state index contributed by atoms with van der Waals surface area (Å²) in [4.78, 5) is 15.5. The van der Waals surface area contributed by atoms with E-state index < -0.39 is 24.5 Å². The molecular weight excluding hydrogens is 324 g/mol. The lowest BCUT2D eigenvalue weighted by Crippen LogP contribution is -2.19. The van der Waals surface area contributed by atoms with Gasteiger partial charge in [-0.05, 0) is 18.2 Å². The number of nitrogens with one attached hydrogen (secondary N) is 1. The normalized spacial score (nSPS) is 19.2. The van der Waals surface area contributed by atoms with Crippen LogP contribution in [0.5, 0.6) is 5.75 Å². The fraction of sp³-hybridized carbons (Fsp3) is 0.400. The van der Waals surface area contributed by atoms with Crippen LogP contribution in [-0.2, 0) is 11.3 Å². The van der Waals surface area contributed by atoms with Gasteiger partial charge in [0.2, 0.25) is 11.7 Å². The van der Waals surface area contributed by atoms with Crippen LogP contribution < -0.4 is 10.1 Å². The highest BCUT2D eigenvalue weighted by molar-refractivity contribution is 5.89. The molecule has 1 aromatic heterocycles. The smallest absolute Gasteiger partial charge is 0.337 e. The fourth-order valence-electron chi connectivity index (χ4n) is 2.34. The van der Waals surface area contributed by atoms with E-state index in [1.165, 1.54) is 13.2 Å². The summed E-state index contributed by atoms with van der Waals surface area (Å²) in [6.45, 7) is -0.427. The molecule has 0 saturated carbocycles. The molecule has 2 aromatic rings. The van der Waals surface area contributed by atoms with Gasteiger partial charge in [0.05, 0.1) is 25.3 Å². The molecule has 1 unspecified atom stereocenters. The summed E-state index contributed by atoms with van der Waals surface area (Å²) in [6.07, 6.45) is -0.378. The molecule has 1 saturated heterocycles. The van der Waals surface area contributed by atoms with Gasteiger partial charge in [-0.25, -0.2) is 13.6 Å². The van der Waals surface area contributed by atoms with Gasteiger partial charge in [-0.1, -0.05) is 11.2 Å². The van der Waals surface area contributed by atoms with Crippen molar-refractivity contribution in [3.63, 3.8) is 0 Å². The molecule has 3 rings (SSSR count). The third-order valence-corrected chi connectivity index (χ3v) is 3.51. The molecular formula is C15H15F2N3O4. The number of nitrogens with zero attached hydrogens (tertiary/aromatic N) is 2. The van der Waals surface area contributed by atoms with Crippen molar-refractivity contribution in [1.29, 1.82) is 0 Å². The molecule has 0 amide bonds. The summed E-state index contributed by atoms with van der Waals surface area (Å²) < 4.78 is 41.5. The number of alkyl halides is 2. The third kappa shape index (κ3) is 3.67. The highest BCUT2D eigenvalue weighted by Gasteiger charge is 2.42. The van der Waals surface area contributed by atoms with E-state index in [-0.39, 0.29) is 24.7 Å². The minimum absolute atomic E-state index is 0.0166. The zero-order valence-electron chi connectivity index (χ0n) is 12.8. The first-order chi connectivity index (χ1) is 11.5. The van der Waals surface area contributed by atoms with Crippen LogP contribution in [0.4, 0.5) is 8.78 Å². The number of rotatable bonds is 5. The van der Waals surface area contributed by atoms with Crippen molar-refractivity contribution in [3.05, 3.63) is 41.5 Å². The molecule has 1 fully saturated rings. The average Bonchev–Trinajstić information content (AvgIpc) is 3.18. The Bertz CT molecular complexity index is 735. The summed E-state index contributed by atoms with van der Waals surface area (Å²) in [5.74, 6) is -2.49. The molecule has 1 aliphatic heterocycles. The van der Waals surface area contributed by atoms with Crippen LogP contribution in [0.2, 0.25) is 0 Å². The summed E-state index contributed by atoms with van der Waals surface area (Å²) in [5, 5.41) is 6.35. The summed E-state index contributed by atoms with van der Waals surface area (Å²) in [6, 6.07) is 5.76. The van der Waals surface area contributed by atoms with Crippen LogP contribution in [0.1, 0.15) is 34.5 Å². The van der Waals surface area contributed by atoms with E-state index in [1.54, 1.807) is 18.2 Å². The zero-order valence-corrected chi connectivity index (χ0v) is 12.8. The Labute approximate surface area is 135 Å². The molecule has 9 heteroatoms. The third-order valence-electron chi connectivity index (χ3n) is 3.51. The van der Waals surface area contributed by atoms with Gasteiger partial charge in [-0.15, -0.1) is 0 Å². The first-order valence-electron chi connectivity index (χ1n) is 7.22. The Hall–Kier alpha value is -2.55. The predicted octanol–water partition coefficient (Wildman–Crippen LogP) is 2.10. The fourth-order valence-corrected chi connectivity index (χ4v) is 2.34. The highest BCUT2D eigenvalue weighted by Crippen LogP contribution is 2.33. The molecule has 2 heterocycles. The number of aromatic nitrogens is 2. The molecule has 0 spiro atoms. The van der Waals surface area contributed by atoms with E-state index in [0.717, 1.165) is 0 Å². The molecule has 1 aromatic carbocycles. The maximum absolute atomic E-state index is 13.2. The molecule has 128 valence electrons. The largest absolute Gasteiger partial charge is 0.485 e. The van der Waals surface area contributed by atoms with E-state index in [9.17, 15) is 13.6 Å². The van der Waals surface area contributed by atoms with Gasteiger partial charge in [0, 0.05) is 6.42 Å². The number of carbonyl (C=O) groups excluding carboxylic acids is 1. The molecule has 1 N–H and O–H groups in total. The second-order valence-corrected chi connectivity index (χ2v) is 5.35. The van der Waals surface area contributed by atoms with Crippen molar-refractivity contribution in [2.45, 2.75) is 25.0 Å². The predicted molar refractivity (Wildman–Crippen MR) is 76.7 cm³/mol. The Balaban J connectivity index is 1.61. The van der Waals surface area contributed by atoms with Crippen molar-refractivity contribution in [1.82, 2.24) is 15.5 Å². The maximum atomic E-state index is 13.2. The van der Waals surface area contributed by atoms with Gasteiger partial charge in [0.1, 0.15) is 5.75 Å². The Morgan fingerprint density at radius 1 is 1.50 bits per heavy atom. The van der Waals surface area contributed by atoms with Crippen LogP contribution in [0.15, 0.2) is 28.8 Å². The standard InChI is InChI=1S/C15H15F2N3O4/c1-22-14(21)9-3-2-4-10(5-9)23-7-12-19-13(24-20-12)11-6-15(16,17)8-18-11/h2-5,11,18H,6-8H2,1H3. The summed E-state index contributed by atoms with van der Waals surface area (Å²) in [5.41, 5.74) is 0.348. The lowest BCUT2D eigenvalue weighted by Gasteiger charge is -2.05. The number of halogens is 2. The molecule has 0 bridgehead atoms. The van der Waals surface area contributed by atoms with Gasteiger partial charge in [0.25, 0.3) is 5.92 Å². The summed E-state index contributed by atoms with van der Waals surface area (Å²) >= 11 is 0. The molecule has 1 atom stereocenters. The average molecular weight is 339 g/mol. The first-order valence-corrected chi connectivity index (χ1v) is 7.22. The highest BCUT2D eigenvalue weighted by atomic mass is 19.3. The molecule has 1 aliphatic rings. The second-order valence-electron chi connectivity index (χ2n) is 5.35. The molecule has 0 aliphatic carbocycles. The van der Waals surface area contributed by atoms with Gasteiger partial charge in [-0.2, -0.15) is 4.98 Å². The zero-order chi connectivity index (χ0) is 17.2. The van der Waals surface area contributed by atoms with Crippen LogP contribution >= 0.6 is 0 Å². The van der Waals surface area contributed by atoms with Crippen LogP contribution in [0.25, 0.3) is 0 Å². The Morgan fingerprint density at radius 3 is 3.04 bits per heavy atom. The molecule has 0 radical (unpaired) electrons. The molecule has 7 nitrogen and oxygen atoms in total. The minimum Gasteiger partial charge on any atom is -0.485 e. The van der Waals surface area contributed by atoms with Crippen molar-refractivity contribution < 1.29 is 27.6 Å². The number of hydrogen-bond acceptors (Lipinski definition) is 7. The summed E-state index contributed by atoms with van der Waals surface area (Å²) in [7, 11) is 1.29. The Morgan fingerprint density at radius 2 is 2.33 bits per heavy atom. The number of carbonyl (C=O) groups is 1. The number of hydrogen-bond donors (Lipinski definition) is 1. The van der Waals surface area contributed by atoms with E-state index in [4.69, 9.17) is 9.26 Å². The van der Waals surface area contributed by atoms with Gasteiger partial charge < -0.3 is 14.0 Å². The Kier molecular flexibility index (Phi) is 4.43.